The Kier molecular flexibility index (Phi) is 9.03. The Morgan fingerprint density at radius 2 is 2.12 bits per heavy atom. The molecule has 0 rings (SSSR count). The molecule has 3 N–H and O–H groups in total. The Labute approximate surface area is 100 Å². The van der Waals surface area contributed by atoms with Crippen molar-refractivity contribution in [2.75, 3.05) is 25.6 Å². The molecule has 0 fully saturated rings. The lowest BCUT2D eigenvalue weighted by Gasteiger charge is -2.13. The van der Waals surface area contributed by atoms with Crippen molar-refractivity contribution in [1.29, 1.82) is 0 Å². The SMILES string of the molecule is CNCCCC(=O)N[C@H](CCSC)C(=O)O. The molecule has 0 spiro atoms. The summed E-state index contributed by atoms with van der Waals surface area (Å²) in [6.45, 7) is 0.760. The van der Waals surface area contributed by atoms with E-state index in [9.17, 15) is 9.59 Å². The van der Waals surface area contributed by atoms with E-state index in [1.807, 2.05) is 13.3 Å². The van der Waals surface area contributed by atoms with Gasteiger partial charge in [-0.25, -0.2) is 4.79 Å². The quantitative estimate of drug-likeness (QED) is 0.512. The fourth-order valence-electron chi connectivity index (χ4n) is 1.19. The molecule has 6 heteroatoms. The van der Waals surface area contributed by atoms with Gasteiger partial charge in [0.25, 0.3) is 0 Å². The van der Waals surface area contributed by atoms with Crippen LogP contribution >= 0.6 is 11.8 Å². The Balaban J connectivity index is 3.88. The van der Waals surface area contributed by atoms with E-state index in [1.54, 1.807) is 11.8 Å². The summed E-state index contributed by atoms with van der Waals surface area (Å²) < 4.78 is 0. The Morgan fingerprint density at radius 3 is 2.62 bits per heavy atom. The van der Waals surface area contributed by atoms with Crippen molar-refractivity contribution >= 4 is 23.6 Å². The Morgan fingerprint density at radius 1 is 1.44 bits per heavy atom. The second kappa shape index (κ2) is 9.47. The smallest absolute Gasteiger partial charge is 0.326 e. The number of carbonyl (C=O) groups is 2. The zero-order valence-electron chi connectivity index (χ0n) is 9.78. The molecule has 16 heavy (non-hydrogen) atoms. The molecule has 0 heterocycles. The standard InChI is InChI=1S/C10H20N2O3S/c1-11-6-3-4-9(13)12-8(10(14)15)5-7-16-2/h8,11H,3-7H2,1-2H3,(H,12,13)(H,14,15)/t8-/m1/s1. The minimum Gasteiger partial charge on any atom is -0.480 e. The van der Waals surface area contributed by atoms with Gasteiger partial charge in [0.05, 0.1) is 0 Å². The predicted molar refractivity (Wildman–Crippen MR) is 65.7 cm³/mol. The molecule has 94 valence electrons. The summed E-state index contributed by atoms with van der Waals surface area (Å²) in [5.74, 6) is -0.423. The number of amides is 1. The van der Waals surface area contributed by atoms with Gasteiger partial charge in [-0.05, 0) is 38.4 Å². The van der Waals surface area contributed by atoms with Gasteiger partial charge in [-0.1, -0.05) is 0 Å². The van der Waals surface area contributed by atoms with Gasteiger partial charge in [-0.15, -0.1) is 0 Å². The van der Waals surface area contributed by atoms with Crippen LogP contribution in [0, 0.1) is 0 Å². The number of aliphatic carboxylic acids is 1. The highest BCUT2D eigenvalue weighted by molar-refractivity contribution is 7.98. The predicted octanol–water partition coefficient (Wildman–Crippen LogP) is 0.308. The molecule has 1 amide bonds. The van der Waals surface area contributed by atoms with Crippen LogP contribution in [-0.4, -0.2) is 48.6 Å². The summed E-state index contributed by atoms with van der Waals surface area (Å²) in [5, 5.41) is 14.3. The number of nitrogens with one attached hydrogen (secondary N) is 2. The molecule has 0 aromatic rings. The molecular weight excluding hydrogens is 228 g/mol. The summed E-state index contributed by atoms with van der Waals surface area (Å²) in [7, 11) is 1.82. The van der Waals surface area contributed by atoms with Crippen LogP contribution < -0.4 is 10.6 Å². The zero-order chi connectivity index (χ0) is 12.4. The Bertz CT molecular complexity index is 224. The van der Waals surface area contributed by atoms with Crippen molar-refractivity contribution in [2.24, 2.45) is 0 Å². The van der Waals surface area contributed by atoms with Crippen LogP contribution in [0.4, 0.5) is 0 Å². The van der Waals surface area contributed by atoms with Crippen molar-refractivity contribution in [1.82, 2.24) is 10.6 Å². The van der Waals surface area contributed by atoms with Crippen LogP contribution in [0.25, 0.3) is 0 Å². The number of carbonyl (C=O) groups excluding carboxylic acids is 1. The molecule has 0 aromatic heterocycles. The summed E-state index contributed by atoms with van der Waals surface area (Å²) in [6, 6.07) is -0.755. The maximum absolute atomic E-state index is 11.4. The lowest BCUT2D eigenvalue weighted by Crippen LogP contribution is -2.41. The second-order valence-electron chi connectivity index (χ2n) is 3.45. The van der Waals surface area contributed by atoms with Crippen LogP contribution in [0.15, 0.2) is 0 Å². The normalized spacial score (nSPS) is 12.1. The van der Waals surface area contributed by atoms with E-state index in [4.69, 9.17) is 5.11 Å². The molecule has 0 radical (unpaired) electrons. The van der Waals surface area contributed by atoms with Crippen molar-refractivity contribution in [3.8, 4) is 0 Å². The van der Waals surface area contributed by atoms with E-state index in [2.05, 4.69) is 10.6 Å². The van der Waals surface area contributed by atoms with Gasteiger partial charge in [0.2, 0.25) is 5.91 Å². The van der Waals surface area contributed by atoms with Crippen molar-refractivity contribution in [3.05, 3.63) is 0 Å². The van der Waals surface area contributed by atoms with E-state index in [0.29, 0.717) is 12.8 Å². The molecule has 0 unspecified atom stereocenters. The van der Waals surface area contributed by atoms with Crippen molar-refractivity contribution in [2.45, 2.75) is 25.3 Å². The summed E-state index contributed by atoms with van der Waals surface area (Å²) in [4.78, 5) is 22.2. The van der Waals surface area contributed by atoms with E-state index < -0.39 is 12.0 Å². The van der Waals surface area contributed by atoms with Gasteiger partial charge >= 0.3 is 5.97 Å². The third kappa shape index (κ3) is 7.53. The van der Waals surface area contributed by atoms with Gasteiger partial charge in [0, 0.05) is 6.42 Å². The minimum absolute atomic E-state index is 0.191. The maximum atomic E-state index is 11.4. The molecule has 5 nitrogen and oxygen atoms in total. The average Bonchev–Trinajstić information content (AvgIpc) is 2.24. The second-order valence-corrected chi connectivity index (χ2v) is 4.43. The number of hydrogen-bond acceptors (Lipinski definition) is 4. The molecular formula is C10H20N2O3S. The van der Waals surface area contributed by atoms with Crippen molar-refractivity contribution < 1.29 is 14.7 Å². The fraction of sp³-hybridized carbons (Fsp3) is 0.800. The first kappa shape index (κ1) is 15.2. The number of thioether (sulfide) groups is 1. The highest BCUT2D eigenvalue weighted by Gasteiger charge is 2.18. The van der Waals surface area contributed by atoms with Crippen LogP contribution in [0.1, 0.15) is 19.3 Å². The summed E-state index contributed by atoms with van der Waals surface area (Å²) in [6.07, 6.45) is 3.46. The van der Waals surface area contributed by atoms with Gasteiger partial charge in [-0.3, -0.25) is 4.79 Å². The van der Waals surface area contributed by atoms with E-state index in [0.717, 1.165) is 18.7 Å². The molecule has 0 aliphatic rings. The van der Waals surface area contributed by atoms with E-state index >= 15 is 0 Å². The largest absolute Gasteiger partial charge is 0.480 e. The van der Waals surface area contributed by atoms with Crippen LogP contribution in [0.5, 0.6) is 0 Å². The average molecular weight is 248 g/mol. The highest BCUT2D eigenvalue weighted by atomic mass is 32.2. The van der Waals surface area contributed by atoms with Gasteiger partial charge < -0.3 is 15.7 Å². The number of carboxylic acids is 1. The van der Waals surface area contributed by atoms with E-state index in [1.165, 1.54) is 0 Å². The lowest BCUT2D eigenvalue weighted by atomic mass is 10.2. The molecule has 0 bridgehead atoms. The van der Waals surface area contributed by atoms with Gasteiger partial charge in [-0.2, -0.15) is 11.8 Å². The van der Waals surface area contributed by atoms with E-state index in [-0.39, 0.29) is 5.91 Å². The summed E-state index contributed by atoms with van der Waals surface area (Å²) >= 11 is 1.57. The molecule has 0 saturated heterocycles. The highest BCUT2D eigenvalue weighted by Crippen LogP contribution is 2.01. The van der Waals surface area contributed by atoms with Gasteiger partial charge in [0.15, 0.2) is 0 Å². The number of rotatable bonds is 9. The molecule has 1 atom stereocenters. The van der Waals surface area contributed by atoms with Crippen LogP contribution in [0.2, 0.25) is 0 Å². The first-order valence-electron chi connectivity index (χ1n) is 5.27. The minimum atomic E-state index is -0.962. The zero-order valence-corrected chi connectivity index (χ0v) is 10.6. The maximum Gasteiger partial charge on any atom is 0.326 e. The van der Waals surface area contributed by atoms with Crippen LogP contribution in [-0.2, 0) is 9.59 Å². The lowest BCUT2D eigenvalue weighted by molar-refractivity contribution is -0.141. The van der Waals surface area contributed by atoms with Crippen LogP contribution in [0.3, 0.4) is 0 Å². The molecule has 0 saturated carbocycles. The molecule has 0 aromatic carbocycles. The fourth-order valence-corrected chi connectivity index (χ4v) is 1.66. The monoisotopic (exact) mass is 248 g/mol. The van der Waals surface area contributed by atoms with Gasteiger partial charge in [0.1, 0.15) is 6.04 Å². The third-order valence-corrected chi connectivity index (χ3v) is 2.72. The summed E-state index contributed by atoms with van der Waals surface area (Å²) in [5.41, 5.74) is 0. The third-order valence-electron chi connectivity index (χ3n) is 2.07. The topological polar surface area (TPSA) is 78.4 Å². The number of carboxylic acid groups (broad SMARTS) is 1. The Hall–Kier alpha value is -0.750. The number of hydrogen-bond donors (Lipinski definition) is 3. The molecule has 0 aliphatic carbocycles. The van der Waals surface area contributed by atoms with Crippen molar-refractivity contribution in [3.63, 3.8) is 0 Å². The molecule has 0 aliphatic heterocycles. The first-order valence-corrected chi connectivity index (χ1v) is 6.67. The first-order chi connectivity index (χ1) is 7.61.